The quantitative estimate of drug-likeness (QED) is 0.631. The van der Waals surface area contributed by atoms with Crippen LogP contribution in [0.15, 0.2) is 30.5 Å². The number of nitrogens with zero attached hydrogens (tertiary/aromatic N) is 1. The summed E-state index contributed by atoms with van der Waals surface area (Å²) in [5.74, 6) is -0.660. The smallest absolute Gasteiger partial charge is 0.355 e. The van der Waals surface area contributed by atoms with E-state index < -0.39 is 21.5 Å². The zero-order valence-electron chi connectivity index (χ0n) is 8.98. The Kier molecular flexibility index (Phi) is 3.31. The summed E-state index contributed by atoms with van der Waals surface area (Å²) in [6, 6.07) is 5.62. The average Bonchev–Trinajstić information content (AvgIpc) is 2.27. The molecule has 102 valence electrons. The van der Waals surface area contributed by atoms with E-state index in [4.69, 9.17) is 11.6 Å². The summed E-state index contributed by atoms with van der Waals surface area (Å²) in [6.07, 6.45) is 1.17. The third kappa shape index (κ3) is 2.90. The van der Waals surface area contributed by atoms with Crippen LogP contribution in [-0.4, -0.2) is 18.9 Å². The van der Waals surface area contributed by atoms with Crippen LogP contribution in [0.5, 0.6) is 5.88 Å². The molecule has 19 heavy (non-hydrogen) atoms. The standard InChI is InChI=1S/C10H5ClF3NO3S/c11-8-2-1-6-4-9(15-5-7(6)3-8)18-19(16,17)10(12,13)14/h1-5H. The topological polar surface area (TPSA) is 56.3 Å². The number of aromatic nitrogens is 1. The molecule has 1 aromatic heterocycles. The Labute approximate surface area is 110 Å². The van der Waals surface area contributed by atoms with Gasteiger partial charge in [-0.25, -0.2) is 4.98 Å². The Morgan fingerprint density at radius 3 is 2.47 bits per heavy atom. The van der Waals surface area contributed by atoms with Crippen LogP contribution < -0.4 is 4.18 Å². The van der Waals surface area contributed by atoms with Crippen molar-refractivity contribution < 1.29 is 25.8 Å². The third-order valence-electron chi connectivity index (χ3n) is 2.14. The highest BCUT2D eigenvalue weighted by Crippen LogP contribution is 2.28. The number of pyridine rings is 1. The second-order valence-corrected chi connectivity index (χ2v) is 5.47. The molecule has 2 rings (SSSR count). The maximum Gasteiger partial charge on any atom is 0.534 e. The molecule has 0 saturated heterocycles. The molecule has 0 radical (unpaired) electrons. The van der Waals surface area contributed by atoms with Gasteiger partial charge in [0.15, 0.2) is 0 Å². The van der Waals surface area contributed by atoms with E-state index in [1.807, 2.05) is 0 Å². The first-order chi connectivity index (χ1) is 8.69. The first-order valence-electron chi connectivity index (χ1n) is 4.75. The minimum Gasteiger partial charge on any atom is -0.355 e. The molecule has 0 aliphatic carbocycles. The van der Waals surface area contributed by atoms with Gasteiger partial charge in [0, 0.05) is 22.7 Å². The van der Waals surface area contributed by atoms with Gasteiger partial charge in [-0.05, 0) is 17.5 Å². The zero-order valence-corrected chi connectivity index (χ0v) is 10.6. The molecule has 0 aliphatic rings. The van der Waals surface area contributed by atoms with Crippen molar-refractivity contribution in [2.24, 2.45) is 0 Å². The fraction of sp³-hybridized carbons (Fsp3) is 0.100. The largest absolute Gasteiger partial charge is 0.534 e. The highest BCUT2D eigenvalue weighted by molar-refractivity contribution is 7.87. The third-order valence-corrected chi connectivity index (χ3v) is 3.33. The highest BCUT2D eigenvalue weighted by atomic mass is 35.5. The Morgan fingerprint density at radius 2 is 1.84 bits per heavy atom. The first kappa shape index (κ1) is 13.9. The van der Waals surface area contributed by atoms with Crippen LogP contribution in [0.1, 0.15) is 0 Å². The van der Waals surface area contributed by atoms with E-state index in [2.05, 4.69) is 9.17 Å². The number of rotatable bonds is 2. The lowest BCUT2D eigenvalue weighted by atomic mass is 10.2. The predicted octanol–water partition coefficient (Wildman–Crippen LogP) is 3.12. The van der Waals surface area contributed by atoms with E-state index in [0.717, 1.165) is 6.07 Å². The fourth-order valence-corrected chi connectivity index (χ4v) is 1.89. The molecule has 0 aliphatic heterocycles. The second kappa shape index (κ2) is 4.53. The lowest BCUT2D eigenvalue weighted by molar-refractivity contribution is -0.0501. The minimum atomic E-state index is -5.72. The summed E-state index contributed by atoms with van der Waals surface area (Å²) in [5.41, 5.74) is -5.50. The van der Waals surface area contributed by atoms with Gasteiger partial charge in [0.2, 0.25) is 5.88 Å². The molecule has 0 N–H and O–H groups in total. The zero-order chi connectivity index (χ0) is 14.3. The Balaban J connectivity index is 2.40. The SMILES string of the molecule is O=S(=O)(Oc1cc2ccc(Cl)cc2cn1)C(F)(F)F. The van der Waals surface area contributed by atoms with E-state index in [-0.39, 0.29) is 0 Å². The Bertz CT molecular complexity index is 730. The lowest BCUT2D eigenvalue weighted by Crippen LogP contribution is -2.28. The molecule has 0 spiro atoms. The number of halogens is 4. The Hall–Kier alpha value is -1.54. The maximum atomic E-state index is 12.1. The summed E-state index contributed by atoms with van der Waals surface area (Å²) in [4.78, 5) is 3.49. The van der Waals surface area contributed by atoms with Crippen molar-refractivity contribution in [3.8, 4) is 5.88 Å². The van der Waals surface area contributed by atoms with Gasteiger partial charge < -0.3 is 4.18 Å². The van der Waals surface area contributed by atoms with Gasteiger partial charge in [-0.15, -0.1) is 0 Å². The molecule has 1 heterocycles. The van der Waals surface area contributed by atoms with Crippen LogP contribution in [0.25, 0.3) is 10.8 Å². The van der Waals surface area contributed by atoms with Crippen molar-refractivity contribution in [1.29, 1.82) is 0 Å². The minimum absolute atomic E-state index is 0.422. The monoisotopic (exact) mass is 311 g/mol. The first-order valence-corrected chi connectivity index (χ1v) is 6.54. The molecule has 0 fully saturated rings. The molecule has 9 heteroatoms. The van der Waals surface area contributed by atoms with Gasteiger partial charge in [-0.2, -0.15) is 21.6 Å². The normalized spacial score (nSPS) is 12.6. The second-order valence-electron chi connectivity index (χ2n) is 3.50. The molecule has 0 bridgehead atoms. The van der Waals surface area contributed by atoms with E-state index in [0.29, 0.717) is 15.8 Å². The van der Waals surface area contributed by atoms with Gasteiger partial charge in [0.1, 0.15) is 0 Å². The van der Waals surface area contributed by atoms with Crippen molar-refractivity contribution in [3.05, 3.63) is 35.5 Å². The van der Waals surface area contributed by atoms with Crippen LogP contribution in [0.2, 0.25) is 5.02 Å². The lowest BCUT2D eigenvalue weighted by Gasteiger charge is -2.09. The number of alkyl halides is 3. The molecule has 1 aromatic carbocycles. The Morgan fingerprint density at radius 1 is 1.16 bits per heavy atom. The molecule has 0 amide bonds. The van der Waals surface area contributed by atoms with Crippen molar-refractivity contribution in [2.45, 2.75) is 5.51 Å². The average molecular weight is 312 g/mol. The van der Waals surface area contributed by atoms with E-state index in [9.17, 15) is 21.6 Å². The van der Waals surface area contributed by atoms with Crippen LogP contribution >= 0.6 is 11.6 Å². The van der Waals surface area contributed by atoms with Crippen LogP contribution in [0, 0.1) is 0 Å². The van der Waals surface area contributed by atoms with Gasteiger partial charge in [0.25, 0.3) is 0 Å². The summed E-state index contributed by atoms with van der Waals surface area (Å²) >= 11 is 5.72. The summed E-state index contributed by atoms with van der Waals surface area (Å²) < 4.78 is 61.9. The molecule has 0 unspecified atom stereocenters. The number of hydrogen-bond acceptors (Lipinski definition) is 4. The van der Waals surface area contributed by atoms with Gasteiger partial charge in [-0.3, -0.25) is 0 Å². The van der Waals surface area contributed by atoms with Crippen molar-refractivity contribution in [1.82, 2.24) is 4.98 Å². The van der Waals surface area contributed by atoms with Crippen molar-refractivity contribution in [3.63, 3.8) is 0 Å². The van der Waals surface area contributed by atoms with Crippen LogP contribution in [-0.2, 0) is 10.1 Å². The molecule has 2 aromatic rings. The number of benzene rings is 1. The highest BCUT2D eigenvalue weighted by Gasteiger charge is 2.48. The van der Waals surface area contributed by atoms with Crippen molar-refractivity contribution >= 4 is 32.5 Å². The van der Waals surface area contributed by atoms with Crippen molar-refractivity contribution in [2.75, 3.05) is 0 Å². The summed E-state index contributed by atoms with van der Waals surface area (Å²) in [5, 5.41) is 1.42. The van der Waals surface area contributed by atoms with Gasteiger partial charge in [0.05, 0.1) is 0 Å². The van der Waals surface area contributed by atoms with Gasteiger partial charge >= 0.3 is 15.6 Å². The van der Waals surface area contributed by atoms with Gasteiger partial charge in [-0.1, -0.05) is 17.7 Å². The maximum absolute atomic E-state index is 12.1. The summed E-state index contributed by atoms with van der Waals surface area (Å²) in [6.45, 7) is 0. The molecule has 0 atom stereocenters. The van der Waals surface area contributed by atoms with Crippen LogP contribution in [0.4, 0.5) is 13.2 Å². The fourth-order valence-electron chi connectivity index (χ4n) is 1.30. The summed E-state index contributed by atoms with van der Waals surface area (Å²) in [7, 11) is -5.72. The molecule has 4 nitrogen and oxygen atoms in total. The van der Waals surface area contributed by atoms with E-state index >= 15 is 0 Å². The van der Waals surface area contributed by atoms with E-state index in [1.165, 1.54) is 24.4 Å². The van der Waals surface area contributed by atoms with Crippen LogP contribution in [0.3, 0.4) is 0 Å². The number of fused-ring (bicyclic) bond motifs is 1. The molecular weight excluding hydrogens is 307 g/mol. The predicted molar refractivity (Wildman–Crippen MR) is 62.4 cm³/mol. The number of hydrogen-bond donors (Lipinski definition) is 0. The van der Waals surface area contributed by atoms with E-state index in [1.54, 1.807) is 0 Å². The molecule has 0 saturated carbocycles. The molecular formula is C10H5ClF3NO3S.